The molecule has 11 heteroatoms. The molecule has 0 bridgehead atoms. The molecule has 37 heavy (non-hydrogen) atoms. The first-order chi connectivity index (χ1) is 17.4. The number of anilines is 2. The maximum absolute atomic E-state index is 13.4. The van der Waals surface area contributed by atoms with Gasteiger partial charge in [0.05, 0.1) is 22.1 Å². The summed E-state index contributed by atoms with van der Waals surface area (Å²) in [5.41, 5.74) is -0.612. The van der Waals surface area contributed by atoms with Crippen LogP contribution >= 0.6 is 0 Å². The van der Waals surface area contributed by atoms with Crippen molar-refractivity contribution in [2.75, 3.05) is 23.9 Å². The van der Waals surface area contributed by atoms with E-state index in [-0.39, 0.29) is 22.5 Å². The zero-order valence-electron chi connectivity index (χ0n) is 19.6. The SMILES string of the molecule is CN(C)c1ccc(C2/C(=C(\O)c3ccc([N+](=O)[O-])cc3)C(=O)C(=O)N2c2cccc(C(F)(F)F)c2)cc1. The summed E-state index contributed by atoms with van der Waals surface area (Å²) < 4.78 is 40.2. The van der Waals surface area contributed by atoms with Gasteiger partial charge in [0, 0.05) is 43.2 Å². The molecule has 1 fully saturated rings. The number of hydrogen-bond acceptors (Lipinski definition) is 6. The Kier molecular flexibility index (Phi) is 6.47. The maximum atomic E-state index is 13.4. The molecular weight excluding hydrogens is 491 g/mol. The zero-order valence-corrected chi connectivity index (χ0v) is 19.6. The first-order valence-corrected chi connectivity index (χ1v) is 10.9. The van der Waals surface area contributed by atoms with Gasteiger partial charge in [-0.2, -0.15) is 13.2 Å². The van der Waals surface area contributed by atoms with E-state index in [0.717, 1.165) is 40.9 Å². The second kappa shape index (κ2) is 9.41. The Bertz CT molecular complexity index is 1410. The highest BCUT2D eigenvalue weighted by Crippen LogP contribution is 2.43. The minimum atomic E-state index is -4.69. The van der Waals surface area contributed by atoms with Crippen LogP contribution in [0.4, 0.5) is 30.2 Å². The van der Waals surface area contributed by atoms with E-state index in [9.17, 15) is 38.0 Å². The number of hydrogen-bond donors (Lipinski definition) is 1. The number of ketones is 1. The van der Waals surface area contributed by atoms with Gasteiger partial charge in [-0.1, -0.05) is 18.2 Å². The summed E-state index contributed by atoms with van der Waals surface area (Å²) in [4.78, 5) is 39.4. The molecule has 8 nitrogen and oxygen atoms in total. The summed E-state index contributed by atoms with van der Waals surface area (Å²) in [6.07, 6.45) is -4.69. The largest absolute Gasteiger partial charge is 0.507 e. The lowest BCUT2D eigenvalue weighted by molar-refractivity contribution is -0.384. The number of carbonyl (C=O) groups excluding carboxylic acids is 2. The van der Waals surface area contributed by atoms with Crippen molar-refractivity contribution >= 4 is 34.5 Å². The van der Waals surface area contributed by atoms with Crippen LogP contribution in [0.3, 0.4) is 0 Å². The fourth-order valence-corrected chi connectivity index (χ4v) is 4.10. The van der Waals surface area contributed by atoms with Crippen molar-refractivity contribution in [3.8, 4) is 0 Å². The summed E-state index contributed by atoms with van der Waals surface area (Å²) in [5, 5.41) is 22.1. The van der Waals surface area contributed by atoms with Crippen LogP contribution in [0.5, 0.6) is 0 Å². The fourth-order valence-electron chi connectivity index (χ4n) is 4.10. The summed E-state index contributed by atoms with van der Waals surface area (Å²) in [6.45, 7) is 0. The Labute approximate surface area is 209 Å². The lowest BCUT2D eigenvalue weighted by Gasteiger charge is -2.26. The van der Waals surface area contributed by atoms with Gasteiger partial charge in [-0.25, -0.2) is 0 Å². The molecule has 1 atom stereocenters. The monoisotopic (exact) mass is 511 g/mol. The Balaban J connectivity index is 1.92. The molecule has 1 aliphatic rings. The Hall–Kier alpha value is -4.67. The lowest BCUT2D eigenvalue weighted by Crippen LogP contribution is -2.29. The van der Waals surface area contributed by atoms with E-state index in [1.54, 1.807) is 38.4 Å². The molecule has 3 aromatic rings. The van der Waals surface area contributed by atoms with Gasteiger partial charge in [-0.05, 0) is 48.0 Å². The predicted octanol–water partition coefficient (Wildman–Crippen LogP) is 5.31. The number of benzene rings is 3. The van der Waals surface area contributed by atoms with Crippen molar-refractivity contribution in [3.63, 3.8) is 0 Å². The number of nitro benzene ring substituents is 1. The van der Waals surface area contributed by atoms with Gasteiger partial charge in [-0.15, -0.1) is 0 Å². The van der Waals surface area contributed by atoms with Gasteiger partial charge < -0.3 is 10.0 Å². The number of aliphatic hydroxyl groups is 1. The molecular formula is C26H20F3N3O5. The summed E-state index contributed by atoms with van der Waals surface area (Å²) >= 11 is 0. The normalized spacial score (nSPS) is 17.2. The molecule has 1 aliphatic heterocycles. The first-order valence-electron chi connectivity index (χ1n) is 10.9. The minimum Gasteiger partial charge on any atom is -0.507 e. The van der Waals surface area contributed by atoms with E-state index in [1.165, 1.54) is 18.2 Å². The third-order valence-electron chi connectivity index (χ3n) is 5.97. The van der Waals surface area contributed by atoms with Gasteiger partial charge in [0.1, 0.15) is 5.76 Å². The smallest absolute Gasteiger partial charge is 0.416 e. The molecule has 0 radical (unpaired) electrons. The molecule has 1 amide bonds. The predicted molar refractivity (Wildman–Crippen MR) is 130 cm³/mol. The van der Waals surface area contributed by atoms with Crippen LogP contribution in [0.1, 0.15) is 22.7 Å². The van der Waals surface area contributed by atoms with Crippen LogP contribution in [-0.2, 0) is 15.8 Å². The average Bonchev–Trinajstić information content (AvgIpc) is 3.13. The van der Waals surface area contributed by atoms with Gasteiger partial charge in [0.25, 0.3) is 17.4 Å². The van der Waals surface area contributed by atoms with Gasteiger partial charge in [0.2, 0.25) is 0 Å². The van der Waals surface area contributed by atoms with E-state index >= 15 is 0 Å². The van der Waals surface area contributed by atoms with E-state index in [0.29, 0.717) is 5.56 Å². The Morgan fingerprint density at radius 2 is 1.62 bits per heavy atom. The molecule has 1 unspecified atom stereocenters. The van der Waals surface area contributed by atoms with Crippen LogP contribution in [0, 0.1) is 10.1 Å². The topological polar surface area (TPSA) is 104 Å². The average molecular weight is 511 g/mol. The number of nitrogens with zero attached hydrogens (tertiary/aromatic N) is 3. The van der Waals surface area contributed by atoms with Crippen LogP contribution < -0.4 is 9.80 Å². The van der Waals surface area contributed by atoms with Crippen LogP contribution in [0.15, 0.2) is 78.4 Å². The summed E-state index contributed by atoms with van der Waals surface area (Å²) in [5.74, 6) is -2.83. The fraction of sp³-hybridized carbons (Fsp3) is 0.154. The van der Waals surface area contributed by atoms with Crippen LogP contribution in [0.25, 0.3) is 5.76 Å². The number of non-ortho nitro benzene ring substituents is 1. The molecule has 1 N–H and O–H groups in total. The number of alkyl halides is 3. The molecule has 4 rings (SSSR count). The summed E-state index contributed by atoms with van der Waals surface area (Å²) in [7, 11) is 3.61. The van der Waals surface area contributed by atoms with Crippen molar-refractivity contribution in [1.82, 2.24) is 0 Å². The van der Waals surface area contributed by atoms with E-state index in [2.05, 4.69) is 0 Å². The quantitative estimate of drug-likeness (QED) is 0.164. The molecule has 0 aromatic heterocycles. The molecule has 3 aromatic carbocycles. The highest BCUT2D eigenvalue weighted by molar-refractivity contribution is 6.51. The van der Waals surface area contributed by atoms with Gasteiger partial charge >= 0.3 is 6.18 Å². The standard InChI is InChI=1S/C26H20F3N3O5/c1-30(2)18-10-6-15(7-11-18)22-21(23(33)16-8-12-19(13-9-16)32(36)37)24(34)25(35)31(22)20-5-3-4-17(14-20)26(27,28)29/h3-14,22,33H,1-2H3/b23-21+. The Morgan fingerprint density at radius 3 is 2.16 bits per heavy atom. The number of halogens is 3. The minimum absolute atomic E-state index is 0.0301. The maximum Gasteiger partial charge on any atom is 0.416 e. The molecule has 0 spiro atoms. The summed E-state index contributed by atoms with van der Waals surface area (Å²) in [6, 6.07) is 14.1. The molecule has 1 heterocycles. The second-order valence-corrected chi connectivity index (χ2v) is 8.51. The number of aliphatic hydroxyl groups excluding tert-OH is 1. The van der Waals surface area contributed by atoms with Gasteiger partial charge in [0.15, 0.2) is 0 Å². The van der Waals surface area contributed by atoms with Crippen molar-refractivity contribution in [2.45, 2.75) is 12.2 Å². The van der Waals surface area contributed by atoms with E-state index in [4.69, 9.17) is 0 Å². The number of rotatable bonds is 5. The number of amides is 1. The van der Waals surface area contributed by atoms with Crippen LogP contribution in [0.2, 0.25) is 0 Å². The van der Waals surface area contributed by atoms with E-state index in [1.807, 2.05) is 4.90 Å². The number of carbonyl (C=O) groups is 2. The number of Topliss-reactive ketones (excluding diaryl/α,β-unsaturated/α-hetero) is 1. The third kappa shape index (κ3) is 4.75. The highest BCUT2D eigenvalue weighted by atomic mass is 19.4. The second-order valence-electron chi connectivity index (χ2n) is 8.51. The van der Waals surface area contributed by atoms with Crippen molar-refractivity contribution in [2.24, 2.45) is 0 Å². The zero-order chi connectivity index (χ0) is 27.1. The Morgan fingerprint density at radius 1 is 1.00 bits per heavy atom. The number of nitro groups is 1. The first kappa shape index (κ1) is 25.4. The third-order valence-corrected chi connectivity index (χ3v) is 5.97. The lowest BCUT2D eigenvalue weighted by atomic mass is 9.94. The van der Waals surface area contributed by atoms with Gasteiger partial charge in [-0.3, -0.25) is 24.6 Å². The van der Waals surface area contributed by atoms with Crippen molar-refractivity contribution in [3.05, 3.63) is 105 Å². The molecule has 0 saturated carbocycles. The van der Waals surface area contributed by atoms with Crippen LogP contribution in [-0.4, -0.2) is 35.8 Å². The highest BCUT2D eigenvalue weighted by Gasteiger charge is 2.47. The molecule has 1 saturated heterocycles. The van der Waals surface area contributed by atoms with Crippen molar-refractivity contribution in [1.29, 1.82) is 0 Å². The van der Waals surface area contributed by atoms with E-state index < -0.39 is 40.2 Å². The van der Waals surface area contributed by atoms with Crippen molar-refractivity contribution < 1.29 is 32.8 Å². The molecule has 190 valence electrons. The molecule has 0 aliphatic carbocycles.